The molecule has 36 heavy (non-hydrogen) atoms. The predicted octanol–water partition coefficient (Wildman–Crippen LogP) is 4.64. The molecule has 1 saturated heterocycles. The van der Waals surface area contributed by atoms with Crippen LogP contribution < -0.4 is 4.74 Å². The summed E-state index contributed by atoms with van der Waals surface area (Å²) < 4.78 is 12.8. The normalized spacial score (nSPS) is 17.3. The van der Waals surface area contributed by atoms with Crippen LogP contribution in [0.2, 0.25) is 0 Å². The Hall–Kier alpha value is -4.05. The maximum Gasteiger partial charge on any atom is 0.296 e. The van der Waals surface area contributed by atoms with Crippen LogP contribution in [0.25, 0.3) is 11.4 Å². The number of carbonyl (C=O) groups is 2. The molecule has 5 rings (SSSR count). The topological polar surface area (TPSA) is 118 Å². The third-order valence-corrected chi connectivity index (χ3v) is 6.95. The zero-order chi connectivity index (χ0) is 25.7. The molecule has 4 heterocycles. The molecule has 1 aliphatic rings. The number of ether oxygens (including phenoxy) is 1. The second-order valence-corrected chi connectivity index (χ2v) is 9.34. The maximum atomic E-state index is 13.4. The molecule has 1 aromatic carbocycles. The Balaban J connectivity index is 1.75. The van der Waals surface area contributed by atoms with E-state index in [-0.39, 0.29) is 35.1 Å². The molecule has 0 bridgehead atoms. The summed E-state index contributed by atoms with van der Waals surface area (Å²) in [7, 11) is 1.40. The fourth-order valence-corrected chi connectivity index (χ4v) is 5.00. The number of hydrogen-bond donors (Lipinski definition) is 2. The zero-order valence-electron chi connectivity index (χ0n) is 19.7. The number of halogens is 1. The van der Waals surface area contributed by atoms with Crippen molar-refractivity contribution in [2.45, 2.75) is 26.4 Å². The molecular formula is C26H22BrN3O6. The smallest absolute Gasteiger partial charge is 0.296 e. The van der Waals surface area contributed by atoms with Gasteiger partial charge in [0.15, 0.2) is 17.3 Å². The van der Waals surface area contributed by atoms with E-state index in [1.165, 1.54) is 24.3 Å². The lowest BCUT2D eigenvalue weighted by Gasteiger charge is -2.25. The van der Waals surface area contributed by atoms with Crippen LogP contribution in [-0.4, -0.2) is 43.3 Å². The maximum absolute atomic E-state index is 13.4. The van der Waals surface area contributed by atoms with Crippen molar-refractivity contribution in [3.63, 3.8) is 0 Å². The lowest BCUT2D eigenvalue weighted by Crippen LogP contribution is -2.29. The summed E-state index contributed by atoms with van der Waals surface area (Å²) in [5.74, 6) is -1.55. The molecule has 4 aromatic rings. The summed E-state index contributed by atoms with van der Waals surface area (Å²) in [5.41, 5.74) is 2.67. The predicted molar refractivity (Wildman–Crippen MR) is 134 cm³/mol. The number of Topliss-reactive ketones (excluding diaryl/α,β-unsaturated/α-hetero) is 1. The van der Waals surface area contributed by atoms with Crippen LogP contribution in [0.4, 0.5) is 0 Å². The number of methoxy groups -OCH3 is 1. The molecule has 1 atom stereocenters. The van der Waals surface area contributed by atoms with Crippen molar-refractivity contribution in [2.75, 3.05) is 7.11 Å². The average Bonchev–Trinajstić information content (AvgIpc) is 3.55. The van der Waals surface area contributed by atoms with Crippen molar-refractivity contribution in [1.82, 2.24) is 14.3 Å². The summed E-state index contributed by atoms with van der Waals surface area (Å²) in [5, 5.41) is 21.8. The molecule has 10 heteroatoms. The number of amides is 1. The van der Waals surface area contributed by atoms with E-state index in [0.717, 1.165) is 5.56 Å². The third kappa shape index (κ3) is 3.65. The molecule has 1 unspecified atom stereocenters. The van der Waals surface area contributed by atoms with Crippen LogP contribution in [0.5, 0.6) is 11.5 Å². The van der Waals surface area contributed by atoms with Gasteiger partial charge in [-0.05, 0) is 71.2 Å². The third-order valence-electron chi connectivity index (χ3n) is 6.34. The van der Waals surface area contributed by atoms with Crippen molar-refractivity contribution in [2.24, 2.45) is 0 Å². The van der Waals surface area contributed by atoms with Crippen LogP contribution in [0.15, 0.2) is 63.3 Å². The van der Waals surface area contributed by atoms with E-state index in [0.29, 0.717) is 27.1 Å². The highest BCUT2D eigenvalue weighted by atomic mass is 79.9. The van der Waals surface area contributed by atoms with Crippen LogP contribution in [0, 0.1) is 13.8 Å². The number of benzene rings is 1. The van der Waals surface area contributed by atoms with E-state index in [2.05, 4.69) is 20.9 Å². The van der Waals surface area contributed by atoms with Gasteiger partial charge in [0.1, 0.15) is 17.1 Å². The van der Waals surface area contributed by atoms with E-state index in [1.54, 1.807) is 25.1 Å². The number of furan rings is 1. The van der Waals surface area contributed by atoms with Gasteiger partial charge in [-0.2, -0.15) is 0 Å². The Morgan fingerprint density at radius 2 is 2.00 bits per heavy atom. The molecule has 0 saturated carbocycles. The standard InChI is InChI=1S/C26H22BrN3O6/c1-13-6-4-8-29-14(2)20(28-25(13)29)23(32)19-21(15-10-17(27)22(31)18(11-15)35-3)30(26(34)24(19)33)12-16-7-5-9-36-16/h4-11,21,31-32H,12H2,1-3H3/b23-19+. The fraction of sp³-hybridized carbons (Fsp3) is 0.192. The molecule has 0 spiro atoms. The first-order valence-electron chi connectivity index (χ1n) is 11.0. The number of aliphatic hydroxyl groups is 1. The molecule has 3 aromatic heterocycles. The monoisotopic (exact) mass is 551 g/mol. The fourth-order valence-electron chi connectivity index (χ4n) is 4.54. The highest BCUT2D eigenvalue weighted by molar-refractivity contribution is 9.10. The van der Waals surface area contributed by atoms with Gasteiger partial charge in [0, 0.05) is 6.20 Å². The van der Waals surface area contributed by atoms with Gasteiger partial charge in [-0.15, -0.1) is 0 Å². The van der Waals surface area contributed by atoms with Crippen molar-refractivity contribution >= 4 is 39.0 Å². The lowest BCUT2D eigenvalue weighted by atomic mass is 9.96. The largest absolute Gasteiger partial charge is 0.505 e. The molecule has 1 aliphatic heterocycles. The summed E-state index contributed by atoms with van der Waals surface area (Å²) >= 11 is 3.31. The SMILES string of the molecule is COc1cc(C2/C(=C(\O)c3nc4c(C)cccn4c3C)C(=O)C(=O)N2Cc2ccco2)cc(Br)c1O. The van der Waals surface area contributed by atoms with E-state index in [9.17, 15) is 19.8 Å². The summed E-state index contributed by atoms with van der Waals surface area (Å²) in [6.45, 7) is 3.67. The Bertz CT molecular complexity index is 1550. The molecule has 1 fully saturated rings. The van der Waals surface area contributed by atoms with Gasteiger partial charge in [-0.25, -0.2) is 4.98 Å². The van der Waals surface area contributed by atoms with E-state index >= 15 is 0 Å². The van der Waals surface area contributed by atoms with E-state index in [1.807, 2.05) is 29.7 Å². The van der Waals surface area contributed by atoms with Gasteiger partial charge >= 0.3 is 0 Å². The number of pyridine rings is 1. The number of carbonyl (C=O) groups excluding carboxylic acids is 2. The van der Waals surface area contributed by atoms with Gasteiger partial charge in [0.25, 0.3) is 11.7 Å². The molecule has 184 valence electrons. The van der Waals surface area contributed by atoms with Crippen LogP contribution in [-0.2, 0) is 16.1 Å². The minimum Gasteiger partial charge on any atom is -0.505 e. The number of aromatic hydroxyl groups is 1. The van der Waals surface area contributed by atoms with E-state index in [4.69, 9.17) is 9.15 Å². The Labute approximate surface area is 214 Å². The first kappa shape index (κ1) is 23.7. The number of nitrogens with zero attached hydrogens (tertiary/aromatic N) is 3. The number of phenolic OH excluding ortho intramolecular Hbond substituents is 1. The number of aromatic nitrogens is 2. The molecule has 1 amide bonds. The lowest BCUT2D eigenvalue weighted by molar-refractivity contribution is -0.140. The minimum absolute atomic E-state index is 0.0108. The number of fused-ring (bicyclic) bond motifs is 1. The summed E-state index contributed by atoms with van der Waals surface area (Å²) in [4.78, 5) is 32.5. The van der Waals surface area contributed by atoms with Crippen LogP contribution >= 0.6 is 15.9 Å². The van der Waals surface area contributed by atoms with Gasteiger partial charge in [-0.1, -0.05) is 6.07 Å². The number of aliphatic hydroxyl groups excluding tert-OH is 1. The number of imidazole rings is 1. The first-order valence-corrected chi connectivity index (χ1v) is 11.8. The van der Waals surface area contributed by atoms with Crippen LogP contribution in [0.3, 0.4) is 0 Å². The summed E-state index contributed by atoms with van der Waals surface area (Å²) in [6.07, 6.45) is 3.29. The number of ketones is 1. The number of phenols is 1. The summed E-state index contributed by atoms with van der Waals surface area (Å²) in [6, 6.07) is 9.25. The second kappa shape index (κ2) is 8.87. The number of hydrogen-bond acceptors (Lipinski definition) is 7. The van der Waals surface area contributed by atoms with Gasteiger partial charge in [0.2, 0.25) is 0 Å². The van der Waals surface area contributed by atoms with Crippen molar-refractivity contribution in [3.05, 3.63) is 87.2 Å². The molecule has 2 N–H and O–H groups in total. The molecule has 0 radical (unpaired) electrons. The Morgan fingerprint density at radius 1 is 1.22 bits per heavy atom. The first-order chi connectivity index (χ1) is 17.2. The van der Waals surface area contributed by atoms with Crippen molar-refractivity contribution in [3.8, 4) is 11.5 Å². The van der Waals surface area contributed by atoms with Gasteiger partial charge < -0.3 is 28.7 Å². The van der Waals surface area contributed by atoms with Gasteiger partial charge in [-0.3, -0.25) is 9.59 Å². The number of likely N-dealkylation sites (tertiary alicyclic amines) is 1. The Kier molecular flexibility index (Phi) is 5.83. The molecule has 9 nitrogen and oxygen atoms in total. The van der Waals surface area contributed by atoms with Crippen molar-refractivity contribution in [1.29, 1.82) is 0 Å². The minimum atomic E-state index is -0.994. The zero-order valence-corrected chi connectivity index (χ0v) is 21.2. The van der Waals surface area contributed by atoms with Crippen LogP contribution in [0.1, 0.15) is 34.3 Å². The second-order valence-electron chi connectivity index (χ2n) is 8.49. The highest BCUT2D eigenvalue weighted by Crippen LogP contribution is 2.45. The quantitative estimate of drug-likeness (QED) is 0.210. The number of rotatable bonds is 5. The Morgan fingerprint density at radius 3 is 2.67 bits per heavy atom. The van der Waals surface area contributed by atoms with E-state index < -0.39 is 17.7 Å². The highest BCUT2D eigenvalue weighted by Gasteiger charge is 2.47. The molecule has 0 aliphatic carbocycles. The molecular weight excluding hydrogens is 530 g/mol. The van der Waals surface area contributed by atoms with Gasteiger partial charge in [0.05, 0.1) is 41.7 Å². The average molecular weight is 552 g/mol. The number of aryl methyl sites for hydroxylation is 2. The van der Waals surface area contributed by atoms with Crippen molar-refractivity contribution < 1.29 is 29.0 Å².